The molecule has 2 aromatic heterocycles. The molecule has 1 saturated heterocycles. The van der Waals surface area contributed by atoms with Crippen molar-refractivity contribution in [2.24, 2.45) is 0 Å². The number of hydrogen-bond donors (Lipinski definition) is 1. The van der Waals surface area contributed by atoms with Crippen molar-refractivity contribution in [2.45, 2.75) is 38.1 Å². The Morgan fingerprint density at radius 2 is 1.93 bits per heavy atom. The Bertz CT molecular complexity index is 1800. The molecule has 43 heavy (non-hydrogen) atoms. The number of pyridine rings is 1. The summed E-state index contributed by atoms with van der Waals surface area (Å²) < 4.78 is 17.9. The molecule has 0 atom stereocenters. The Labute approximate surface area is 250 Å². The number of fused-ring (bicyclic) bond motifs is 4. The van der Waals surface area contributed by atoms with Crippen LogP contribution in [0.15, 0.2) is 59.1 Å². The summed E-state index contributed by atoms with van der Waals surface area (Å²) in [6, 6.07) is 15.1. The number of morpholine rings is 1. The van der Waals surface area contributed by atoms with Crippen molar-refractivity contribution in [3.8, 4) is 17.6 Å². The Hall–Kier alpha value is -4.45. The largest absolute Gasteiger partial charge is 0.492 e. The lowest BCUT2D eigenvalue weighted by Gasteiger charge is -2.31. The molecular weight excluding hydrogens is 542 g/mol. The number of nitrogens with one attached hydrogen (secondary N) is 1. The first-order valence-corrected chi connectivity index (χ1v) is 14.8. The minimum Gasteiger partial charge on any atom is -0.492 e. The zero-order chi connectivity index (χ0) is 29.6. The Kier molecular flexibility index (Phi) is 7.00. The minimum absolute atomic E-state index is 0.0488. The standard InChI is InChI=1S/C35H33N3O5/c1-35(2)29-21-26(42-18-15-38-13-16-41-17-14-38)8-10-27(29)32(39)31-28-9-4-22(19-30(28)43-33(31)35)3-5-25-20-23(11-12-36-25)34(40)37-24-6-7-24/h4,8-12,19-21,24H,6-7,13-18H2,1-2H3,(H,37,40). The lowest BCUT2D eigenvalue weighted by Crippen LogP contribution is -2.38. The van der Waals surface area contributed by atoms with E-state index in [0.29, 0.717) is 40.3 Å². The van der Waals surface area contributed by atoms with Gasteiger partial charge in [-0.05, 0) is 86.7 Å². The maximum Gasteiger partial charge on any atom is 0.251 e. The first-order valence-electron chi connectivity index (χ1n) is 14.8. The molecule has 2 fully saturated rings. The van der Waals surface area contributed by atoms with Crippen LogP contribution in [0.2, 0.25) is 0 Å². The zero-order valence-corrected chi connectivity index (χ0v) is 24.4. The van der Waals surface area contributed by atoms with Crippen LogP contribution in [0, 0.1) is 11.8 Å². The summed E-state index contributed by atoms with van der Waals surface area (Å²) in [5.74, 6) is 7.44. The van der Waals surface area contributed by atoms with Crippen LogP contribution in [0.1, 0.15) is 75.5 Å². The molecule has 2 aliphatic carbocycles. The van der Waals surface area contributed by atoms with E-state index in [0.717, 1.165) is 68.0 Å². The molecule has 8 nitrogen and oxygen atoms in total. The number of benzene rings is 2. The van der Waals surface area contributed by atoms with E-state index < -0.39 is 5.41 Å². The van der Waals surface area contributed by atoms with E-state index in [1.807, 2.05) is 36.4 Å². The summed E-state index contributed by atoms with van der Waals surface area (Å²) in [6.07, 6.45) is 3.66. The van der Waals surface area contributed by atoms with Crippen LogP contribution >= 0.6 is 0 Å². The van der Waals surface area contributed by atoms with Gasteiger partial charge < -0.3 is 19.2 Å². The Balaban J connectivity index is 1.13. The highest BCUT2D eigenvalue weighted by Gasteiger charge is 2.41. The number of furan rings is 1. The lowest BCUT2D eigenvalue weighted by molar-refractivity contribution is 0.0322. The molecule has 0 spiro atoms. The average Bonchev–Trinajstić information content (AvgIpc) is 3.75. The van der Waals surface area contributed by atoms with Crippen LogP contribution in [0.25, 0.3) is 11.0 Å². The Morgan fingerprint density at radius 3 is 2.74 bits per heavy atom. The number of rotatable bonds is 6. The van der Waals surface area contributed by atoms with Crippen molar-refractivity contribution in [1.82, 2.24) is 15.2 Å². The zero-order valence-electron chi connectivity index (χ0n) is 24.4. The minimum atomic E-state index is -0.543. The van der Waals surface area contributed by atoms with Crippen LogP contribution in [0.3, 0.4) is 0 Å². The van der Waals surface area contributed by atoms with Gasteiger partial charge in [-0.3, -0.25) is 14.5 Å². The van der Waals surface area contributed by atoms with Gasteiger partial charge in [0.1, 0.15) is 29.4 Å². The van der Waals surface area contributed by atoms with E-state index >= 15 is 0 Å². The molecule has 7 rings (SSSR count). The third kappa shape index (κ3) is 5.42. The highest BCUT2D eigenvalue weighted by molar-refractivity contribution is 6.19. The van der Waals surface area contributed by atoms with E-state index in [1.165, 1.54) is 0 Å². The molecule has 0 unspecified atom stereocenters. The number of hydrogen-bond acceptors (Lipinski definition) is 7. The molecule has 2 aromatic carbocycles. The predicted molar refractivity (Wildman–Crippen MR) is 162 cm³/mol. The monoisotopic (exact) mass is 575 g/mol. The molecule has 8 heteroatoms. The quantitative estimate of drug-likeness (QED) is 0.333. The van der Waals surface area contributed by atoms with Gasteiger partial charge in [-0.25, -0.2) is 4.98 Å². The molecule has 218 valence electrons. The van der Waals surface area contributed by atoms with Crippen molar-refractivity contribution in [3.05, 3.63) is 94.0 Å². The molecule has 3 aliphatic rings. The van der Waals surface area contributed by atoms with Gasteiger partial charge >= 0.3 is 0 Å². The van der Waals surface area contributed by atoms with Gasteiger partial charge in [0, 0.05) is 59.4 Å². The molecule has 3 heterocycles. The topological polar surface area (TPSA) is 93.9 Å². The van der Waals surface area contributed by atoms with Crippen molar-refractivity contribution in [1.29, 1.82) is 0 Å². The summed E-state index contributed by atoms with van der Waals surface area (Å²) in [7, 11) is 0. The van der Waals surface area contributed by atoms with Crippen LogP contribution in [-0.4, -0.2) is 67.1 Å². The molecule has 1 N–H and O–H groups in total. The second kappa shape index (κ2) is 11.0. The highest BCUT2D eigenvalue weighted by atomic mass is 16.5. The number of ether oxygens (including phenoxy) is 2. The molecule has 4 aromatic rings. The number of aromatic nitrogens is 1. The van der Waals surface area contributed by atoms with Gasteiger partial charge in [0.25, 0.3) is 5.91 Å². The summed E-state index contributed by atoms with van der Waals surface area (Å²) in [4.78, 5) is 32.8. The molecule has 0 radical (unpaired) electrons. The lowest BCUT2D eigenvalue weighted by atomic mass is 9.71. The van der Waals surface area contributed by atoms with Crippen LogP contribution in [-0.2, 0) is 10.2 Å². The Morgan fingerprint density at radius 1 is 1.09 bits per heavy atom. The molecule has 1 amide bonds. The van der Waals surface area contributed by atoms with Crippen molar-refractivity contribution < 1.29 is 23.5 Å². The number of carbonyl (C=O) groups excluding carboxylic acids is 2. The predicted octanol–water partition coefficient (Wildman–Crippen LogP) is 4.70. The van der Waals surface area contributed by atoms with Gasteiger partial charge in [0.15, 0.2) is 5.78 Å². The molecule has 1 aliphatic heterocycles. The number of carbonyl (C=O) groups is 2. The summed E-state index contributed by atoms with van der Waals surface area (Å²) in [5, 5.41) is 3.76. The maximum atomic E-state index is 13.8. The summed E-state index contributed by atoms with van der Waals surface area (Å²) in [5.41, 5.74) is 4.02. The smallest absolute Gasteiger partial charge is 0.251 e. The van der Waals surface area contributed by atoms with E-state index in [1.54, 1.807) is 18.3 Å². The van der Waals surface area contributed by atoms with E-state index in [2.05, 4.69) is 40.9 Å². The average molecular weight is 576 g/mol. The van der Waals surface area contributed by atoms with Crippen molar-refractivity contribution in [2.75, 3.05) is 39.5 Å². The van der Waals surface area contributed by atoms with Gasteiger partial charge in [0.05, 0.1) is 18.8 Å². The first kappa shape index (κ1) is 27.4. The van der Waals surface area contributed by atoms with Gasteiger partial charge in [-0.2, -0.15) is 0 Å². The normalized spacial score (nSPS) is 17.5. The number of nitrogens with zero attached hydrogens (tertiary/aromatic N) is 2. The van der Waals surface area contributed by atoms with Gasteiger partial charge in [-0.1, -0.05) is 5.92 Å². The van der Waals surface area contributed by atoms with Crippen LogP contribution in [0.4, 0.5) is 0 Å². The fraction of sp³-hybridized carbons (Fsp3) is 0.343. The summed E-state index contributed by atoms with van der Waals surface area (Å²) in [6.45, 7) is 8.91. The van der Waals surface area contributed by atoms with Crippen molar-refractivity contribution >= 4 is 22.7 Å². The fourth-order valence-electron chi connectivity index (χ4n) is 5.82. The van der Waals surface area contributed by atoms with Crippen LogP contribution in [0.5, 0.6) is 5.75 Å². The second-order valence-corrected chi connectivity index (χ2v) is 11.9. The highest BCUT2D eigenvalue weighted by Crippen LogP contribution is 2.46. The van der Waals surface area contributed by atoms with E-state index in [-0.39, 0.29) is 17.7 Å². The number of amides is 1. The molecule has 1 saturated carbocycles. The molecular formula is C35H33N3O5. The second-order valence-electron chi connectivity index (χ2n) is 11.9. The van der Waals surface area contributed by atoms with E-state index in [9.17, 15) is 9.59 Å². The third-order valence-electron chi connectivity index (χ3n) is 8.44. The van der Waals surface area contributed by atoms with Gasteiger partial charge in [-0.15, -0.1) is 0 Å². The SMILES string of the molecule is CC1(C)c2cc(OCCN3CCOCC3)ccc2C(=O)c2c1oc1cc(C#Cc3cc(C(=O)NC4CC4)ccn3)ccc21. The number of ketones is 1. The third-order valence-corrected chi connectivity index (χ3v) is 8.44. The summed E-state index contributed by atoms with van der Waals surface area (Å²) >= 11 is 0. The molecule has 0 bridgehead atoms. The van der Waals surface area contributed by atoms with E-state index in [4.69, 9.17) is 13.9 Å². The fourth-order valence-corrected chi connectivity index (χ4v) is 5.82. The van der Waals surface area contributed by atoms with Crippen LogP contribution < -0.4 is 10.1 Å². The first-order chi connectivity index (χ1) is 20.9. The van der Waals surface area contributed by atoms with Crippen molar-refractivity contribution in [3.63, 3.8) is 0 Å². The van der Waals surface area contributed by atoms with Gasteiger partial charge in [0.2, 0.25) is 0 Å². The maximum absolute atomic E-state index is 13.8.